The SMILES string of the molecule is CC(=O)OC1CC[C@H]2[C@@H]3CCC4=CC(=NO)CC[C@]4(C)[C@H]3CC[C@]12C. The van der Waals surface area contributed by atoms with E-state index in [1.54, 1.807) is 6.92 Å². The summed E-state index contributed by atoms with van der Waals surface area (Å²) in [7, 11) is 0. The molecule has 1 unspecified atom stereocenters. The van der Waals surface area contributed by atoms with E-state index in [4.69, 9.17) is 9.94 Å². The van der Waals surface area contributed by atoms with Gasteiger partial charge in [-0.25, -0.2) is 0 Å². The molecule has 138 valence electrons. The number of carbonyl (C=O) groups excluding carboxylic acids is 1. The zero-order valence-electron chi connectivity index (χ0n) is 15.8. The zero-order valence-corrected chi connectivity index (χ0v) is 15.8. The molecule has 0 amide bonds. The van der Waals surface area contributed by atoms with Gasteiger partial charge in [-0.15, -0.1) is 0 Å². The van der Waals surface area contributed by atoms with Crippen molar-refractivity contribution in [3.8, 4) is 0 Å². The fourth-order valence-electron chi connectivity index (χ4n) is 7.00. The van der Waals surface area contributed by atoms with Gasteiger partial charge in [0, 0.05) is 12.3 Å². The lowest BCUT2D eigenvalue weighted by Gasteiger charge is -2.57. The van der Waals surface area contributed by atoms with Crippen molar-refractivity contribution in [2.24, 2.45) is 33.7 Å². The minimum Gasteiger partial charge on any atom is -0.462 e. The molecule has 3 saturated carbocycles. The Hall–Kier alpha value is -1.32. The van der Waals surface area contributed by atoms with Crippen LogP contribution in [0.25, 0.3) is 0 Å². The highest BCUT2D eigenvalue weighted by Crippen LogP contribution is 2.65. The molecule has 4 aliphatic carbocycles. The van der Waals surface area contributed by atoms with E-state index in [1.165, 1.54) is 31.3 Å². The zero-order chi connectivity index (χ0) is 17.8. The number of rotatable bonds is 1. The molecule has 0 aromatic carbocycles. The van der Waals surface area contributed by atoms with Crippen LogP contribution < -0.4 is 0 Å². The molecule has 4 nitrogen and oxygen atoms in total. The van der Waals surface area contributed by atoms with Crippen LogP contribution in [-0.4, -0.2) is 23.0 Å². The first-order valence-electron chi connectivity index (χ1n) is 9.97. The van der Waals surface area contributed by atoms with Crippen LogP contribution in [0.4, 0.5) is 0 Å². The van der Waals surface area contributed by atoms with Crippen molar-refractivity contribution in [2.75, 3.05) is 0 Å². The van der Waals surface area contributed by atoms with E-state index in [1.807, 2.05) is 0 Å². The molecular formula is C21H31NO3. The molecule has 0 aromatic heterocycles. The number of carbonyl (C=O) groups is 1. The lowest BCUT2D eigenvalue weighted by Crippen LogP contribution is -2.51. The molecule has 0 aliphatic heterocycles. The number of ether oxygens (including phenoxy) is 1. The van der Waals surface area contributed by atoms with Crippen LogP contribution in [0.1, 0.15) is 72.1 Å². The summed E-state index contributed by atoms with van der Waals surface area (Å²) in [6.07, 6.45) is 11.3. The number of fused-ring (bicyclic) bond motifs is 5. The Morgan fingerprint density at radius 3 is 2.68 bits per heavy atom. The first-order chi connectivity index (χ1) is 11.9. The van der Waals surface area contributed by atoms with Gasteiger partial charge in [-0.2, -0.15) is 0 Å². The van der Waals surface area contributed by atoms with Gasteiger partial charge in [-0.1, -0.05) is 24.6 Å². The average molecular weight is 345 g/mol. The van der Waals surface area contributed by atoms with Crippen LogP contribution in [0.2, 0.25) is 0 Å². The number of esters is 1. The van der Waals surface area contributed by atoms with Crippen molar-refractivity contribution in [1.29, 1.82) is 0 Å². The van der Waals surface area contributed by atoms with E-state index in [9.17, 15) is 4.79 Å². The molecule has 4 heteroatoms. The molecular weight excluding hydrogens is 314 g/mol. The van der Waals surface area contributed by atoms with E-state index in [2.05, 4.69) is 25.1 Å². The molecule has 0 radical (unpaired) electrons. The van der Waals surface area contributed by atoms with E-state index in [0.717, 1.165) is 43.2 Å². The molecule has 1 N–H and O–H groups in total. The summed E-state index contributed by atoms with van der Waals surface area (Å²) < 4.78 is 5.73. The molecule has 3 fully saturated rings. The molecule has 0 saturated heterocycles. The van der Waals surface area contributed by atoms with Gasteiger partial charge >= 0.3 is 5.97 Å². The van der Waals surface area contributed by atoms with E-state index >= 15 is 0 Å². The third-order valence-corrected chi connectivity index (χ3v) is 8.33. The normalized spacial score (nSPS) is 47.5. The molecule has 4 rings (SSSR count). The smallest absolute Gasteiger partial charge is 0.302 e. The Morgan fingerprint density at radius 2 is 1.96 bits per heavy atom. The summed E-state index contributed by atoms with van der Waals surface area (Å²) in [6, 6.07) is 0. The van der Waals surface area contributed by atoms with Gasteiger partial charge in [-0.05, 0) is 80.6 Å². The summed E-state index contributed by atoms with van der Waals surface area (Å²) in [5, 5.41) is 12.6. The van der Waals surface area contributed by atoms with Crippen LogP contribution >= 0.6 is 0 Å². The van der Waals surface area contributed by atoms with Crippen LogP contribution in [-0.2, 0) is 9.53 Å². The standard InChI is InChI=1S/C21H31NO3/c1-13(23)25-19-7-6-17-16-5-4-14-12-15(22-24)8-10-20(14,2)18(16)9-11-21(17,19)3/h12,16-19,24H,4-11H2,1-3H3/t16-,17-,18-,19?,20-,21-/m0/s1. The van der Waals surface area contributed by atoms with Gasteiger partial charge < -0.3 is 9.94 Å². The van der Waals surface area contributed by atoms with E-state index in [-0.39, 0.29) is 22.9 Å². The fourth-order valence-corrected chi connectivity index (χ4v) is 7.00. The quantitative estimate of drug-likeness (QED) is 0.425. The summed E-state index contributed by atoms with van der Waals surface area (Å²) >= 11 is 0. The maximum Gasteiger partial charge on any atom is 0.302 e. The lowest BCUT2D eigenvalue weighted by atomic mass is 9.47. The highest BCUT2D eigenvalue weighted by Gasteiger charge is 2.59. The number of nitrogens with zero attached hydrogens (tertiary/aromatic N) is 1. The predicted octanol–water partition coefficient (Wildman–Crippen LogP) is 4.71. The van der Waals surface area contributed by atoms with Crippen LogP contribution in [0.3, 0.4) is 0 Å². The van der Waals surface area contributed by atoms with Crippen molar-refractivity contribution < 1.29 is 14.7 Å². The van der Waals surface area contributed by atoms with Crippen LogP contribution in [0.15, 0.2) is 16.8 Å². The van der Waals surface area contributed by atoms with Crippen molar-refractivity contribution in [3.63, 3.8) is 0 Å². The summed E-state index contributed by atoms with van der Waals surface area (Å²) in [5.41, 5.74) is 2.78. The minimum atomic E-state index is -0.127. The maximum atomic E-state index is 11.5. The van der Waals surface area contributed by atoms with Gasteiger partial charge in [0.1, 0.15) is 6.10 Å². The number of allylic oxidation sites excluding steroid dienone is 2. The third-order valence-electron chi connectivity index (χ3n) is 8.33. The molecule has 25 heavy (non-hydrogen) atoms. The highest BCUT2D eigenvalue weighted by atomic mass is 16.5. The average Bonchev–Trinajstić information content (AvgIpc) is 2.90. The molecule has 0 bridgehead atoms. The molecule has 6 atom stereocenters. The van der Waals surface area contributed by atoms with Crippen molar-refractivity contribution in [2.45, 2.75) is 78.2 Å². The second kappa shape index (κ2) is 5.85. The van der Waals surface area contributed by atoms with Gasteiger partial charge in [0.15, 0.2) is 0 Å². The third kappa shape index (κ3) is 2.47. The first-order valence-corrected chi connectivity index (χ1v) is 9.97. The van der Waals surface area contributed by atoms with Crippen LogP contribution in [0.5, 0.6) is 0 Å². The first kappa shape index (κ1) is 17.1. The number of hydrogen-bond donors (Lipinski definition) is 1. The molecule has 0 aromatic rings. The van der Waals surface area contributed by atoms with E-state index < -0.39 is 0 Å². The Kier molecular flexibility index (Phi) is 4.01. The topological polar surface area (TPSA) is 58.9 Å². The number of hydrogen-bond acceptors (Lipinski definition) is 4. The molecule has 0 spiro atoms. The van der Waals surface area contributed by atoms with Gasteiger partial charge in [0.05, 0.1) is 5.71 Å². The maximum absolute atomic E-state index is 11.5. The Bertz CT molecular complexity index is 639. The molecule has 4 aliphatic rings. The Labute approximate surface area is 150 Å². The second-order valence-corrected chi connectivity index (χ2v) is 9.31. The monoisotopic (exact) mass is 345 g/mol. The predicted molar refractivity (Wildman–Crippen MR) is 96.5 cm³/mol. The van der Waals surface area contributed by atoms with Gasteiger partial charge in [-0.3, -0.25) is 4.79 Å². The Morgan fingerprint density at radius 1 is 1.16 bits per heavy atom. The van der Waals surface area contributed by atoms with Crippen molar-refractivity contribution in [1.82, 2.24) is 0 Å². The van der Waals surface area contributed by atoms with E-state index in [0.29, 0.717) is 5.92 Å². The fraction of sp³-hybridized carbons (Fsp3) is 0.810. The van der Waals surface area contributed by atoms with Gasteiger partial charge in [0.2, 0.25) is 0 Å². The van der Waals surface area contributed by atoms with Crippen LogP contribution in [0, 0.1) is 28.6 Å². The molecule has 0 heterocycles. The highest BCUT2D eigenvalue weighted by molar-refractivity contribution is 5.96. The summed E-state index contributed by atoms with van der Waals surface area (Å²) in [6.45, 7) is 6.37. The second-order valence-electron chi connectivity index (χ2n) is 9.31. The summed E-state index contributed by atoms with van der Waals surface area (Å²) in [5.74, 6) is 2.02. The van der Waals surface area contributed by atoms with Crippen molar-refractivity contribution >= 4 is 11.7 Å². The summed E-state index contributed by atoms with van der Waals surface area (Å²) in [4.78, 5) is 11.5. The van der Waals surface area contributed by atoms with Gasteiger partial charge in [0.25, 0.3) is 0 Å². The Balaban J connectivity index is 1.61. The van der Waals surface area contributed by atoms with Crippen molar-refractivity contribution in [3.05, 3.63) is 11.6 Å². The minimum absolute atomic E-state index is 0.111. The largest absolute Gasteiger partial charge is 0.462 e. The lowest BCUT2D eigenvalue weighted by molar-refractivity contribution is -0.157. The number of oxime groups is 1.